The molecule has 1 amide bonds. The molecule has 0 bridgehead atoms. The van der Waals surface area contributed by atoms with Gasteiger partial charge in [0.15, 0.2) is 0 Å². The number of anilines is 1. The Balaban J connectivity index is 1.60. The molecule has 0 aromatic heterocycles. The van der Waals surface area contributed by atoms with Gasteiger partial charge >= 0.3 is 5.97 Å². The number of halogens is 2. The van der Waals surface area contributed by atoms with Gasteiger partial charge in [0, 0.05) is 18.1 Å². The molecule has 8 nitrogen and oxygen atoms in total. The first-order valence-corrected chi connectivity index (χ1v) is 12.5. The largest absolute Gasteiger partial charge is 0.475 e. The second kappa shape index (κ2) is 9.50. The fourth-order valence-electron chi connectivity index (χ4n) is 4.09. The van der Waals surface area contributed by atoms with Gasteiger partial charge in [-0.05, 0) is 43.2 Å². The van der Waals surface area contributed by atoms with Crippen molar-refractivity contribution in [3.8, 4) is 5.75 Å². The average molecular weight is 513 g/mol. The number of esters is 1. The number of methoxy groups -OCH3 is 1. The molecule has 1 saturated heterocycles. The van der Waals surface area contributed by atoms with Crippen molar-refractivity contribution < 1.29 is 27.5 Å². The van der Waals surface area contributed by atoms with E-state index in [1.54, 1.807) is 24.3 Å². The molecule has 2 aliphatic rings. The molecular weight excluding hydrogens is 491 g/mol. The van der Waals surface area contributed by atoms with Crippen molar-refractivity contribution in [2.45, 2.75) is 23.8 Å². The van der Waals surface area contributed by atoms with Crippen LogP contribution in [0.2, 0.25) is 10.0 Å². The van der Waals surface area contributed by atoms with E-state index >= 15 is 0 Å². The van der Waals surface area contributed by atoms with Gasteiger partial charge in [-0.3, -0.25) is 4.79 Å². The fraction of sp³-hybridized carbons (Fsp3) is 0.364. The molecule has 0 radical (unpaired) electrons. The number of piperidine rings is 1. The van der Waals surface area contributed by atoms with Crippen molar-refractivity contribution in [2.24, 2.45) is 5.92 Å². The summed E-state index contributed by atoms with van der Waals surface area (Å²) in [5.41, 5.74) is 0.528. The Morgan fingerprint density at radius 3 is 2.64 bits per heavy atom. The van der Waals surface area contributed by atoms with Gasteiger partial charge in [-0.1, -0.05) is 35.3 Å². The Labute approximate surface area is 202 Å². The Kier molecular flexibility index (Phi) is 6.86. The van der Waals surface area contributed by atoms with Gasteiger partial charge in [-0.25, -0.2) is 13.2 Å². The van der Waals surface area contributed by atoms with E-state index in [1.165, 1.54) is 34.5 Å². The summed E-state index contributed by atoms with van der Waals surface area (Å²) in [5, 5.41) is 0.317. The molecular formula is C22H22Cl2N2O6S. The van der Waals surface area contributed by atoms with Gasteiger partial charge < -0.3 is 14.4 Å². The number of rotatable bonds is 4. The molecule has 0 saturated carbocycles. The number of sulfonamides is 1. The summed E-state index contributed by atoms with van der Waals surface area (Å²) < 4.78 is 38.3. The molecule has 33 heavy (non-hydrogen) atoms. The van der Waals surface area contributed by atoms with Gasteiger partial charge in [0.05, 0.1) is 30.3 Å². The third-order valence-corrected chi connectivity index (χ3v) is 8.33. The van der Waals surface area contributed by atoms with Crippen molar-refractivity contribution in [1.82, 2.24) is 4.31 Å². The third kappa shape index (κ3) is 4.68. The summed E-state index contributed by atoms with van der Waals surface area (Å²) >= 11 is 12.1. The number of fused-ring (bicyclic) bond motifs is 1. The molecule has 2 aromatic rings. The van der Waals surface area contributed by atoms with E-state index in [0.29, 0.717) is 24.3 Å². The lowest BCUT2D eigenvalue weighted by atomic mass is 9.97. The molecule has 0 spiro atoms. The number of carbonyl (C=O) groups excluding carboxylic acids is 2. The number of hydrogen-bond acceptors (Lipinski definition) is 6. The SMILES string of the molecule is COC(=O)C1CN(C(=O)C2CCCN(S(=O)(=O)c3cc(Cl)ccc3Cl)C2)c2ccccc2O1. The van der Waals surface area contributed by atoms with E-state index < -0.39 is 28.0 Å². The minimum Gasteiger partial charge on any atom is -0.475 e. The minimum absolute atomic E-state index is 0.00752. The summed E-state index contributed by atoms with van der Waals surface area (Å²) in [6.07, 6.45) is 0.0408. The van der Waals surface area contributed by atoms with Crippen LogP contribution >= 0.6 is 23.2 Å². The van der Waals surface area contributed by atoms with Crippen molar-refractivity contribution in [3.63, 3.8) is 0 Å². The topological polar surface area (TPSA) is 93.2 Å². The van der Waals surface area contributed by atoms with E-state index in [2.05, 4.69) is 0 Å². The fourth-order valence-corrected chi connectivity index (χ4v) is 6.35. The number of carbonyl (C=O) groups is 2. The van der Waals surface area contributed by atoms with Gasteiger partial charge in [0.25, 0.3) is 0 Å². The maximum absolute atomic E-state index is 13.6. The highest BCUT2D eigenvalue weighted by molar-refractivity contribution is 7.89. The lowest BCUT2D eigenvalue weighted by molar-refractivity contribution is -0.148. The Morgan fingerprint density at radius 2 is 1.88 bits per heavy atom. The first-order chi connectivity index (χ1) is 15.7. The first kappa shape index (κ1) is 23.8. The molecule has 176 valence electrons. The van der Waals surface area contributed by atoms with Crippen LogP contribution in [0.15, 0.2) is 47.4 Å². The van der Waals surface area contributed by atoms with Crippen molar-refractivity contribution >= 4 is 50.8 Å². The molecule has 2 aromatic carbocycles. The Hall–Kier alpha value is -2.33. The van der Waals surface area contributed by atoms with Crippen molar-refractivity contribution in [3.05, 3.63) is 52.5 Å². The van der Waals surface area contributed by atoms with Crippen LogP contribution in [-0.2, 0) is 24.3 Å². The number of ether oxygens (including phenoxy) is 2. The second-order valence-corrected chi connectivity index (χ2v) is 10.6. The molecule has 0 aliphatic carbocycles. The van der Waals surface area contributed by atoms with E-state index in [9.17, 15) is 18.0 Å². The maximum Gasteiger partial charge on any atom is 0.348 e. The molecule has 2 atom stereocenters. The summed E-state index contributed by atoms with van der Waals surface area (Å²) in [6.45, 7) is 0.234. The number of nitrogens with zero attached hydrogens (tertiary/aromatic N) is 2. The minimum atomic E-state index is -3.95. The van der Waals surface area contributed by atoms with E-state index in [-0.39, 0.29) is 40.5 Å². The summed E-state index contributed by atoms with van der Waals surface area (Å²) in [5.74, 6) is -1.09. The van der Waals surface area contributed by atoms with Gasteiger partial charge in [0.2, 0.25) is 22.0 Å². The quantitative estimate of drug-likeness (QED) is 0.583. The normalized spacial score (nSPS) is 21.1. The maximum atomic E-state index is 13.6. The van der Waals surface area contributed by atoms with Crippen molar-refractivity contribution in [1.29, 1.82) is 0 Å². The van der Waals surface area contributed by atoms with Crippen LogP contribution in [0.3, 0.4) is 0 Å². The lowest BCUT2D eigenvalue weighted by Gasteiger charge is -2.38. The van der Waals surface area contributed by atoms with Gasteiger partial charge in [0.1, 0.15) is 10.6 Å². The molecule has 11 heteroatoms. The molecule has 2 aliphatic heterocycles. The van der Waals surface area contributed by atoms with Crippen LogP contribution in [-0.4, -0.2) is 57.4 Å². The zero-order valence-electron chi connectivity index (χ0n) is 17.7. The summed E-state index contributed by atoms with van der Waals surface area (Å²) in [6, 6.07) is 11.2. The molecule has 4 rings (SSSR count). The second-order valence-electron chi connectivity index (χ2n) is 7.82. The predicted octanol–water partition coefficient (Wildman–Crippen LogP) is 3.36. The van der Waals surface area contributed by atoms with Crippen LogP contribution in [0.4, 0.5) is 5.69 Å². The zero-order chi connectivity index (χ0) is 23.8. The number of para-hydroxylation sites is 2. The molecule has 2 heterocycles. The zero-order valence-corrected chi connectivity index (χ0v) is 20.1. The standard InChI is InChI=1S/C22H22Cl2N2O6S/c1-31-22(28)19-13-26(17-6-2-3-7-18(17)32-19)21(27)14-5-4-10-25(12-14)33(29,30)20-11-15(23)8-9-16(20)24/h2-3,6-9,11,14,19H,4-5,10,12-13H2,1H3. The Morgan fingerprint density at radius 1 is 1.12 bits per heavy atom. The average Bonchev–Trinajstić information content (AvgIpc) is 2.83. The summed E-state index contributed by atoms with van der Waals surface area (Å²) in [4.78, 5) is 27.1. The highest BCUT2D eigenvalue weighted by Gasteiger charge is 2.40. The number of benzene rings is 2. The third-order valence-electron chi connectivity index (χ3n) is 5.75. The van der Waals surface area contributed by atoms with Crippen LogP contribution in [0.5, 0.6) is 5.75 Å². The number of amides is 1. The molecule has 0 N–H and O–H groups in total. The lowest BCUT2D eigenvalue weighted by Crippen LogP contribution is -2.52. The highest BCUT2D eigenvalue weighted by Crippen LogP contribution is 2.36. The van der Waals surface area contributed by atoms with E-state index in [1.807, 2.05) is 0 Å². The van der Waals surface area contributed by atoms with Crippen LogP contribution in [0.1, 0.15) is 12.8 Å². The van der Waals surface area contributed by atoms with Gasteiger partial charge in [-0.2, -0.15) is 4.31 Å². The number of hydrogen-bond donors (Lipinski definition) is 0. The van der Waals surface area contributed by atoms with E-state index in [0.717, 1.165) is 0 Å². The first-order valence-electron chi connectivity index (χ1n) is 10.3. The monoisotopic (exact) mass is 512 g/mol. The van der Waals surface area contributed by atoms with Crippen LogP contribution in [0, 0.1) is 5.92 Å². The molecule has 1 fully saturated rings. The summed E-state index contributed by atoms with van der Waals surface area (Å²) in [7, 11) is -2.70. The van der Waals surface area contributed by atoms with Gasteiger partial charge in [-0.15, -0.1) is 0 Å². The smallest absolute Gasteiger partial charge is 0.348 e. The highest BCUT2D eigenvalue weighted by atomic mass is 35.5. The predicted molar refractivity (Wildman–Crippen MR) is 123 cm³/mol. The van der Waals surface area contributed by atoms with E-state index in [4.69, 9.17) is 32.7 Å². The molecule has 2 unspecified atom stereocenters. The van der Waals surface area contributed by atoms with Crippen LogP contribution in [0.25, 0.3) is 0 Å². The Bertz CT molecular complexity index is 1190. The van der Waals surface area contributed by atoms with Crippen LogP contribution < -0.4 is 9.64 Å². The van der Waals surface area contributed by atoms with Crippen molar-refractivity contribution in [2.75, 3.05) is 31.6 Å².